The third-order valence-corrected chi connectivity index (χ3v) is 11.6. The first-order valence-corrected chi connectivity index (χ1v) is 19.3. The van der Waals surface area contributed by atoms with Crippen LogP contribution >= 0.6 is 0 Å². The van der Waals surface area contributed by atoms with Crippen LogP contribution in [0.15, 0.2) is 78.9 Å². The second-order valence-electron chi connectivity index (χ2n) is 15.1. The average molecular weight is 723 g/mol. The van der Waals surface area contributed by atoms with Gasteiger partial charge < -0.3 is 24.5 Å². The van der Waals surface area contributed by atoms with Crippen molar-refractivity contribution in [3.05, 3.63) is 118 Å². The van der Waals surface area contributed by atoms with Gasteiger partial charge in [-0.15, -0.1) is 0 Å². The van der Waals surface area contributed by atoms with E-state index >= 15 is 8.78 Å². The minimum Gasteiger partial charge on any atom is -0.508 e. The number of carbonyl (C=O) groups is 1. The molecule has 0 bridgehead atoms. The molecule has 4 heterocycles. The Morgan fingerprint density at radius 3 is 2.17 bits per heavy atom. The van der Waals surface area contributed by atoms with Crippen molar-refractivity contribution in [2.45, 2.75) is 57.9 Å². The predicted molar refractivity (Wildman–Crippen MR) is 207 cm³/mol. The van der Waals surface area contributed by atoms with E-state index in [4.69, 9.17) is 4.74 Å². The van der Waals surface area contributed by atoms with Gasteiger partial charge in [-0.25, -0.2) is 8.78 Å². The summed E-state index contributed by atoms with van der Waals surface area (Å²) in [5.74, 6) is 0.597. The van der Waals surface area contributed by atoms with Crippen LogP contribution in [0, 0.1) is 17.6 Å². The summed E-state index contributed by atoms with van der Waals surface area (Å²) in [7, 11) is 1.75. The zero-order valence-corrected chi connectivity index (χ0v) is 31.2. The number of ether oxygens (including phenoxy) is 1. The minimum atomic E-state index is -0.322. The molecule has 1 amide bonds. The second-order valence-corrected chi connectivity index (χ2v) is 15.1. The van der Waals surface area contributed by atoms with Crippen LogP contribution < -0.4 is 14.5 Å². The summed E-state index contributed by atoms with van der Waals surface area (Å²) in [6, 6.07) is 24.4. The Kier molecular flexibility index (Phi) is 11.2. The van der Waals surface area contributed by atoms with Crippen LogP contribution in [0.2, 0.25) is 0 Å². The van der Waals surface area contributed by atoms with Gasteiger partial charge in [0.05, 0.1) is 18.0 Å². The molecule has 8 rings (SSSR count). The van der Waals surface area contributed by atoms with Gasteiger partial charge in [0.1, 0.15) is 23.1 Å². The topological polar surface area (TPSA) is 59.5 Å². The molecule has 0 saturated carbocycles. The van der Waals surface area contributed by atoms with Gasteiger partial charge in [0.2, 0.25) is 0 Å². The number of unbranched alkanes of at least 4 members (excludes halogenated alkanes) is 1. The SMILES string of the molecule is CCCC.CN1Cc2cc(N3CCN(CC4CCN(c5ccc([C@@H]6c7ccc(O)cc7OCC6c6ccccc6)cc5F)CC4)CC3)c(F)cc2C1=O. The molecule has 7 nitrogen and oxygen atoms in total. The molecule has 4 aromatic rings. The highest BCUT2D eigenvalue weighted by Gasteiger charge is 2.35. The van der Waals surface area contributed by atoms with E-state index in [1.807, 2.05) is 36.4 Å². The first kappa shape index (κ1) is 36.7. The number of phenols is 1. The number of phenolic OH excluding ortho intramolecular Hbond substituents is 1. The van der Waals surface area contributed by atoms with Crippen LogP contribution in [0.4, 0.5) is 20.2 Å². The van der Waals surface area contributed by atoms with Crippen molar-refractivity contribution in [3.63, 3.8) is 0 Å². The number of anilines is 2. The van der Waals surface area contributed by atoms with E-state index in [0.29, 0.717) is 41.8 Å². The predicted octanol–water partition coefficient (Wildman–Crippen LogP) is 8.41. The van der Waals surface area contributed by atoms with E-state index in [2.05, 4.69) is 46.7 Å². The van der Waals surface area contributed by atoms with E-state index in [0.717, 1.165) is 80.9 Å². The number of benzene rings is 4. The Bertz CT molecular complexity index is 1890. The van der Waals surface area contributed by atoms with Crippen LogP contribution in [-0.2, 0) is 6.54 Å². The first-order valence-electron chi connectivity index (χ1n) is 19.3. The van der Waals surface area contributed by atoms with E-state index in [1.165, 1.54) is 18.9 Å². The van der Waals surface area contributed by atoms with Crippen LogP contribution in [0.3, 0.4) is 0 Å². The van der Waals surface area contributed by atoms with E-state index < -0.39 is 0 Å². The number of piperidine rings is 1. The number of carbonyl (C=O) groups excluding carboxylic acids is 1. The van der Waals surface area contributed by atoms with Gasteiger partial charge in [-0.1, -0.05) is 69.2 Å². The van der Waals surface area contributed by atoms with Gasteiger partial charge in [0.25, 0.3) is 5.91 Å². The molecular weight excluding hydrogens is 671 g/mol. The molecule has 280 valence electrons. The molecule has 0 spiro atoms. The molecule has 2 fully saturated rings. The smallest absolute Gasteiger partial charge is 0.254 e. The van der Waals surface area contributed by atoms with Crippen LogP contribution in [0.5, 0.6) is 11.5 Å². The van der Waals surface area contributed by atoms with Gasteiger partial charge in [0.15, 0.2) is 0 Å². The van der Waals surface area contributed by atoms with Gasteiger partial charge >= 0.3 is 0 Å². The molecular formula is C44H52F2N4O3. The summed E-state index contributed by atoms with van der Waals surface area (Å²) in [4.78, 5) is 20.7. The van der Waals surface area contributed by atoms with Crippen molar-refractivity contribution >= 4 is 17.3 Å². The third kappa shape index (κ3) is 7.86. The monoisotopic (exact) mass is 722 g/mol. The molecule has 53 heavy (non-hydrogen) atoms. The quantitative estimate of drug-likeness (QED) is 0.207. The third-order valence-electron chi connectivity index (χ3n) is 11.6. The fraction of sp³-hybridized carbons (Fsp3) is 0.432. The van der Waals surface area contributed by atoms with Crippen molar-refractivity contribution in [2.75, 3.05) is 69.3 Å². The zero-order chi connectivity index (χ0) is 37.1. The molecule has 4 aromatic carbocycles. The number of amides is 1. The maximum Gasteiger partial charge on any atom is 0.254 e. The Labute approximate surface area is 312 Å². The average Bonchev–Trinajstić information content (AvgIpc) is 3.46. The lowest BCUT2D eigenvalue weighted by Gasteiger charge is -2.40. The van der Waals surface area contributed by atoms with Crippen LogP contribution in [-0.4, -0.2) is 80.3 Å². The maximum absolute atomic E-state index is 16.0. The number of nitrogens with zero attached hydrogens (tertiary/aromatic N) is 4. The molecule has 2 atom stereocenters. The Morgan fingerprint density at radius 1 is 0.774 bits per heavy atom. The van der Waals surface area contributed by atoms with Crippen molar-refractivity contribution < 1.29 is 23.4 Å². The summed E-state index contributed by atoms with van der Waals surface area (Å²) in [6.45, 7) is 11.2. The van der Waals surface area contributed by atoms with Crippen molar-refractivity contribution in [3.8, 4) is 11.5 Å². The summed E-state index contributed by atoms with van der Waals surface area (Å²) in [6.07, 6.45) is 4.63. The van der Waals surface area contributed by atoms with Crippen molar-refractivity contribution in [1.29, 1.82) is 0 Å². The standard InChI is InChI=1S/C40H42F2N4O3.C4H10/c1-43-24-29-20-37(35(42)22-32(29)40(43)48)46-17-15-44(16-18-46)23-26-11-13-45(14-12-26)36-10-7-28(19-34(36)41)39-31-9-8-30(47)21-38(31)49-25-33(39)27-5-3-2-4-6-27;1-3-4-2/h2-10,19-22,26,33,39,47H,11-18,23-25H2,1H3;3-4H2,1-2H3/t33?,39-;/m1./s1. The molecule has 0 aromatic heterocycles. The van der Waals surface area contributed by atoms with Crippen LogP contribution in [0.1, 0.15) is 84.0 Å². The Morgan fingerprint density at radius 2 is 1.47 bits per heavy atom. The van der Waals surface area contributed by atoms with Gasteiger partial charge in [-0.3, -0.25) is 9.69 Å². The number of halogens is 2. The highest BCUT2D eigenvalue weighted by molar-refractivity contribution is 5.98. The minimum absolute atomic E-state index is 0.0150. The van der Waals surface area contributed by atoms with Gasteiger partial charge in [-0.2, -0.15) is 0 Å². The molecule has 4 aliphatic heterocycles. The van der Waals surface area contributed by atoms with E-state index in [1.54, 1.807) is 30.1 Å². The molecule has 9 heteroatoms. The summed E-state index contributed by atoms with van der Waals surface area (Å²) in [5.41, 5.74) is 5.62. The molecule has 1 unspecified atom stereocenters. The first-order chi connectivity index (χ1) is 25.7. The highest BCUT2D eigenvalue weighted by atomic mass is 19.1. The largest absolute Gasteiger partial charge is 0.508 e. The normalized spacial score (nSPS) is 20.4. The van der Waals surface area contributed by atoms with E-state index in [9.17, 15) is 9.90 Å². The number of hydrogen-bond donors (Lipinski definition) is 1. The van der Waals surface area contributed by atoms with Crippen molar-refractivity contribution in [2.24, 2.45) is 5.92 Å². The summed E-state index contributed by atoms with van der Waals surface area (Å²) < 4.78 is 37.1. The number of fused-ring (bicyclic) bond motifs is 2. The molecule has 4 aliphatic rings. The fourth-order valence-electron chi connectivity index (χ4n) is 8.37. The molecule has 1 N–H and O–H groups in total. The maximum atomic E-state index is 16.0. The summed E-state index contributed by atoms with van der Waals surface area (Å²) in [5, 5.41) is 10.1. The Hall–Kier alpha value is -4.63. The molecule has 0 aliphatic carbocycles. The van der Waals surface area contributed by atoms with Crippen LogP contribution in [0.25, 0.3) is 0 Å². The van der Waals surface area contributed by atoms with Gasteiger partial charge in [-0.05, 0) is 65.8 Å². The number of hydrogen-bond acceptors (Lipinski definition) is 6. The number of aromatic hydroxyl groups is 1. The van der Waals surface area contributed by atoms with Crippen molar-refractivity contribution in [1.82, 2.24) is 9.80 Å². The second kappa shape index (κ2) is 16.2. The highest BCUT2D eigenvalue weighted by Crippen LogP contribution is 2.47. The lowest BCUT2D eigenvalue weighted by Crippen LogP contribution is -2.49. The molecule has 2 saturated heterocycles. The lowest BCUT2D eigenvalue weighted by atomic mass is 9.76. The lowest BCUT2D eigenvalue weighted by molar-refractivity contribution is 0.0816. The van der Waals surface area contributed by atoms with Gasteiger partial charge in [0, 0.05) is 88.4 Å². The zero-order valence-electron chi connectivity index (χ0n) is 31.2. The van der Waals surface area contributed by atoms with E-state index in [-0.39, 0.29) is 35.1 Å². The number of rotatable bonds is 7. The molecule has 0 radical (unpaired) electrons. The summed E-state index contributed by atoms with van der Waals surface area (Å²) >= 11 is 0. The fourth-order valence-corrected chi connectivity index (χ4v) is 8.37. The number of piperazine rings is 1. The Balaban J connectivity index is 0.00000104.